The Morgan fingerprint density at radius 3 is 2.32 bits per heavy atom. The number of ether oxygens (including phenoxy) is 2. The molecular weight excluding hydrogens is 358 g/mol. The normalized spacial score (nSPS) is 15.9. The molecule has 7 heteroatoms. The minimum atomic E-state index is -0.374. The molecule has 2 amide bonds. The molecule has 0 saturated heterocycles. The van der Waals surface area contributed by atoms with Crippen molar-refractivity contribution < 1.29 is 19.1 Å². The van der Waals surface area contributed by atoms with E-state index in [9.17, 15) is 9.59 Å². The van der Waals surface area contributed by atoms with Crippen LogP contribution in [0.3, 0.4) is 0 Å². The maximum atomic E-state index is 12.3. The third kappa shape index (κ3) is 6.87. The maximum absolute atomic E-state index is 12.3. The minimum absolute atomic E-state index is 0.0489. The summed E-state index contributed by atoms with van der Waals surface area (Å²) in [4.78, 5) is 24.5. The van der Waals surface area contributed by atoms with Crippen LogP contribution in [0.15, 0.2) is 23.3 Å². The van der Waals surface area contributed by atoms with Crippen molar-refractivity contribution >= 4 is 17.5 Å². The van der Waals surface area contributed by atoms with Gasteiger partial charge in [-0.15, -0.1) is 0 Å². The number of nitrogens with one attached hydrogen (secondary N) is 2. The average Bonchev–Trinajstić information content (AvgIpc) is 2.67. The van der Waals surface area contributed by atoms with Gasteiger partial charge in [-0.25, -0.2) is 5.43 Å². The molecular formula is C21H31N3O4. The third-order valence-corrected chi connectivity index (χ3v) is 4.88. The minimum Gasteiger partial charge on any atom is -0.493 e. The monoisotopic (exact) mass is 389 g/mol. The zero-order valence-corrected chi connectivity index (χ0v) is 17.0. The Hall–Kier alpha value is -2.57. The van der Waals surface area contributed by atoms with Gasteiger partial charge in [0.25, 0.3) is 5.91 Å². The second-order valence-corrected chi connectivity index (χ2v) is 7.14. The smallest absolute Gasteiger partial charge is 0.271 e. The zero-order chi connectivity index (χ0) is 20.4. The lowest BCUT2D eigenvalue weighted by atomic mass is 9.96. The first-order chi connectivity index (χ1) is 13.5. The fourth-order valence-electron chi connectivity index (χ4n) is 3.34. The standard InChI is InChI=1S/C21H31N3O4/c1-15(13-20(25)22-17-9-7-5-4-6-8-10-17)23-24-21(26)16-11-12-18(27-2)19(14-16)28-3/h11-12,14,17H,4-10,13H2,1-3H3,(H,22,25)(H,24,26)/b23-15+. The Kier molecular flexibility index (Phi) is 8.78. The van der Waals surface area contributed by atoms with Crippen molar-refractivity contribution in [2.24, 2.45) is 5.10 Å². The molecule has 0 aromatic heterocycles. The van der Waals surface area contributed by atoms with Crippen LogP contribution >= 0.6 is 0 Å². The first kappa shape index (κ1) is 21.7. The van der Waals surface area contributed by atoms with Crippen LogP contribution in [0.4, 0.5) is 0 Å². The summed E-state index contributed by atoms with van der Waals surface area (Å²) in [6.07, 6.45) is 8.37. The molecule has 0 radical (unpaired) electrons. The number of carbonyl (C=O) groups excluding carboxylic acids is 2. The number of methoxy groups -OCH3 is 2. The van der Waals surface area contributed by atoms with E-state index in [-0.39, 0.29) is 24.3 Å². The van der Waals surface area contributed by atoms with Gasteiger partial charge in [0.05, 0.1) is 20.6 Å². The van der Waals surface area contributed by atoms with Crippen LogP contribution in [0.2, 0.25) is 0 Å². The van der Waals surface area contributed by atoms with Crippen molar-refractivity contribution in [1.82, 2.24) is 10.7 Å². The quantitative estimate of drug-likeness (QED) is 0.552. The van der Waals surface area contributed by atoms with Crippen molar-refractivity contribution in [3.63, 3.8) is 0 Å². The van der Waals surface area contributed by atoms with Crippen molar-refractivity contribution in [3.8, 4) is 11.5 Å². The predicted molar refractivity (Wildman–Crippen MR) is 109 cm³/mol. The van der Waals surface area contributed by atoms with Crippen LogP contribution in [-0.2, 0) is 4.79 Å². The molecule has 1 saturated carbocycles. The summed E-state index contributed by atoms with van der Waals surface area (Å²) >= 11 is 0. The number of hydrogen-bond acceptors (Lipinski definition) is 5. The number of carbonyl (C=O) groups is 2. The van der Waals surface area contributed by atoms with Crippen molar-refractivity contribution in [2.75, 3.05) is 14.2 Å². The molecule has 0 aliphatic heterocycles. The Morgan fingerprint density at radius 1 is 1.04 bits per heavy atom. The summed E-state index contributed by atoms with van der Waals surface area (Å²) in [5.41, 5.74) is 3.44. The Morgan fingerprint density at radius 2 is 1.68 bits per heavy atom. The second kappa shape index (κ2) is 11.3. The summed E-state index contributed by atoms with van der Waals surface area (Å²) < 4.78 is 10.4. The van der Waals surface area contributed by atoms with Crippen LogP contribution in [0.1, 0.15) is 68.6 Å². The van der Waals surface area contributed by atoms with Gasteiger partial charge in [0.2, 0.25) is 5.91 Å². The Balaban J connectivity index is 1.85. The van der Waals surface area contributed by atoms with Crippen LogP contribution in [0, 0.1) is 0 Å². The molecule has 28 heavy (non-hydrogen) atoms. The fraction of sp³-hybridized carbons (Fsp3) is 0.571. The van der Waals surface area contributed by atoms with E-state index in [4.69, 9.17) is 9.47 Å². The number of rotatable bonds is 7. The molecule has 2 rings (SSSR count). The number of amides is 2. The van der Waals surface area contributed by atoms with Gasteiger partial charge in [0.1, 0.15) is 0 Å². The summed E-state index contributed by atoms with van der Waals surface area (Å²) in [7, 11) is 3.05. The summed E-state index contributed by atoms with van der Waals surface area (Å²) in [5.74, 6) is 0.590. The predicted octanol–water partition coefficient (Wildman–Crippen LogP) is 3.43. The molecule has 1 aliphatic carbocycles. The van der Waals surface area contributed by atoms with E-state index in [1.54, 1.807) is 25.1 Å². The van der Waals surface area contributed by atoms with E-state index in [1.807, 2.05) is 0 Å². The molecule has 154 valence electrons. The third-order valence-electron chi connectivity index (χ3n) is 4.88. The fourth-order valence-corrected chi connectivity index (χ4v) is 3.34. The van der Waals surface area contributed by atoms with Gasteiger partial charge in [0, 0.05) is 17.3 Å². The molecule has 0 spiro atoms. The van der Waals surface area contributed by atoms with Gasteiger partial charge in [-0.2, -0.15) is 5.10 Å². The number of hydrogen-bond donors (Lipinski definition) is 2. The molecule has 1 aliphatic rings. The molecule has 1 aromatic rings. The summed E-state index contributed by atoms with van der Waals surface area (Å²) in [6, 6.07) is 5.12. The van der Waals surface area contributed by atoms with E-state index >= 15 is 0 Å². The highest BCUT2D eigenvalue weighted by molar-refractivity contribution is 6.01. The van der Waals surface area contributed by atoms with E-state index in [1.165, 1.54) is 46.3 Å². The molecule has 0 heterocycles. The maximum Gasteiger partial charge on any atom is 0.271 e. The van der Waals surface area contributed by atoms with E-state index in [0.29, 0.717) is 22.8 Å². The summed E-state index contributed by atoms with van der Waals surface area (Å²) in [6.45, 7) is 1.73. The zero-order valence-electron chi connectivity index (χ0n) is 17.0. The Labute approximate surface area is 166 Å². The van der Waals surface area contributed by atoms with Gasteiger partial charge in [0.15, 0.2) is 11.5 Å². The highest BCUT2D eigenvalue weighted by Crippen LogP contribution is 2.27. The number of benzene rings is 1. The first-order valence-electron chi connectivity index (χ1n) is 9.88. The van der Waals surface area contributed by atoms with Gasteiger partial charge in [-0.1, -0.05) is 32.1 Å². The molecule has 0 unspecified atom stereocenters. The highest BCUT2D eigenvalue weighted by atomic mass is 16.5. The van der Waals surface area contributed by atoms with Gasteiger partial charge in [-0.05, 0) is 38.0 Å². The molecule has 7 nitrogen and oxygen atoms in total. The number of nitrogens with zero attached hydrogens (tertiary/aromatic N) is 1. The molecule has 2 N–H and O–H groups in total. The second-order valence-electron chi connectivity index (χ2n) is 7.14. The van der Waals surface area contributed by atoms with Crippen LogP contribution in [-0.4, -0.2) is 37.8 Å². The SMILES string of the molecule is COc1ccc(C(=O)N/N=C(\C)CC(=O)NC2CCCCCCC2)cc1OC. The number of hydrazone groups is 1. The summed E-state index contributed by atoms with van der Waals surface area (Å²) in [5, 5.41) is 7.15. The van der Waals surface area contributed by atoms with E-state index < -0.39 is 0 Å². The van der Waals surface area contributed by atoms with E-state index in [2.05, 4.69) is 15.8 Å². The molecule has 1 fully saturated rings. The largest absolute Gasteiger partial charge is 0.493 e. The average molecular weight is 389 g/mol. The van der Waals surface area contributed by atoms with Crippen LogP contribution in [0.5, 0.6) is 11.5 Å². The molecule has 1 aromatic carbocycles. The lowest BCUT2D eigenvalue weighted by Crippen LogP contribution is -2.36. The van der Waals surface area contributed by atoms with Crippen molar-refractivity contribution in [2.45, 2.75) is 64.3 Å². The lowest BCUT2D eigenvalue weighted by Gasteiger charge is -2.21. The van der Waals surface area contributed by atoms with Gasteiger partial charge >= 0.3 is 0 Å². The topological polar surface area (TPSA) is 89.0 Å². The first-order valence-corrected chi connectivity index (χ1v) is 9.88. The lowest BCUT2D eigenvalue weighted by molar-refractivity contribution is -0.120. The van der Waals surface area contributed by atoms with E-state index in [0.717, 1.165) is 12.8 Å². The van der Waals surface area contributed by atoms with Crippen LogP contribution in [0.25, 0.3) is 0 Å². The van der Waals surface area contributed by atoms with Gasteiger partial charge < -0.3 is 14.8 Å². The molecule has 0 atom stereocenters. The van der Waals surface area contributed by atoms with Crippen molar-refractivity contribution in [1.29, 1.82) is 0 Å². The van der Waals surface area contributed by atoms with Crippen LogP contribution < -0.4 is 20.2 Å². The van der Waals surface area contributed by atoms with Crippen molar-refractivity contribution in [3.05, 3.63) is 23.8 Å². The highest BCUT2D eigenvalue weighted by Gasteiger charge is 2.15. The Bertz CT molecular complexity index is 695. The molecule has 0 bridgehead atoms. The van der Waals surface area contributed by atoms with Gasteiger partial charge in [-0.3, -0.25) is 9.59 Å².